The van der Waals surface area contributed by atoms with Crippen molar-refractivity contribution in [3.05, 3.63) is 69.1 Å². The second-order valence-corrected chi connectivity index (χ2v) is 4.87. The number of pyridine rings is 1. The predicted octanol–water partition coefficient (Wildman–Crippen LogP) is 1.15. The van der Waals surface area contributed by atoms with Gasteiger partial charge in [0.15, 0.2) is 0 Å². The number of hydrogen-bond donors (Lipinski definition) is 3. The maximum atomic E-state index is 12.0. The number of aromatic nitrogens is 1. The van der Waals surface area contributed by atoms with Gasteiger partial charge >= 0.3 is 0 Å². The maximum absolute atomic E-state index is 12.0. The van der Waals surface area contributed by atoms with E-state index in [-0.39, 0.29) is 18.1 Å². The molecule has 0 aliphatic carbocycles. The van der Waals surface area contributed by atoms with Crippen LogP contribution >= 0.6 is 0 Å². The molecule has 1 aromatic heterocycles. The van der Waals surface area contributed by atoms with Crippen molar-refractivity contribution in [2.24, 2.45) is 0 Å². The third-order valence-corrected chi connectivity index (χ3v) is 3.28. The van der Waals surface area contributed by atoms with Crippen LogP contribution in [-0.2, 0) is 13.0 Å². The van der Waals surface area contributed by atoms with E-state index in [1.807, 2.05) is 24.3 Å². The Morgan fingerprint density at radius 2 is 1.90 bits per heavy atom. The van der Waals surface area contributed by atoms with Crippen LogP contribution in [0.4, 0.5) is 0 Å². The minimum Gasteiger partial charge on any atom is -0.392 e. The summed E-state index contributed by atoms with van der Waals surface area (Å²) in [5.41, 5.74) is 2.87. The fraction of sp³-hybridized carbons (Fsp3) is 0.250. The van der Waals surface area contributed by atoms with Crippen molar-refractivity contribution in [1.82, 2.24) is 10.3 Å². The molecule has 21 heavy (non-hydrogen) atoms. The molecule has 0 saturated heterocycles. The van der Waals surface area contributed by atoms with E-state index in [9.17, 15) is 9.59 Å². The number of aromatic amines is 1. The van der Waals surface area contributed by atoms with Crippen LogP contribution in [-0.4, -0.2) is 22.5 Å². The van der Waals surface area contributed by atoms with E-state index < -0.39 is 0 Å². The third-order valence-electron chi connectivity index (χ3n) is 3.28. The normalized spacial score (nSPS) is 10.4. The molecule has 110 valence electrons. The van der Waals surface area contributed by atoms with Gasteiger partial charge in [-0.15, -0.1) is 0 Å². The second-order valence-electron chi connectivity index (χ2n) is 4.87. The molecular weight excluding hydrogens is 268 g/mol. The number of benzene rings is 1. The molecule has 5 heteroatoms. The molecule has 0 aliphatic heterocycles. The summed E-state index contributed by atoms with van der Waals surface area (Å²) in [6.07, 6.45) is 2.14. The molecule has 5 nitrogen and oxygen atoms in total. The van der Waals surface area contributed by atoms with Crippen LogP contribution in [0.1, 0.15) is 27.0 Å². The van der Waals surface area contributed by atoms with Crippen molar-refractivity contribution in [1.29, 1.82) is 0 Å². The van der Waals surface area contributed by atoms with Gasteiger partial charge in [-0.3, -0.25) is 9.59 Å². The third kappa shape index (κ3) is 4.03. The molecule has 3 N–H and O–H groups in total. The average Bonchev–Trinajstić information content (AvgIpc) is 2.47. The summed E-state index contributed by atoms with van der Waals surface area (Å²) in [7, 11) is 0. The van der Waals surface area contributed by atoms with E-state index in [0.29, 0.717) is 24.1 Å². The number of hydrogen-bond acceptors (Lipinski definition) is 3. The largest absolute Gasteiger partial charge is 0.392 e. The minimum absolute atomic E-state index is 0.0303. The number of aliphatic hydroxyl groups excluding tert-OH is 1. The number of aryl methyl sites for hydroxylation is 1. The fourth-order valence-electron chi connectivity index (χ4n) is 2.04. The minimum atomic E-state index is -0.215. The van der Waals surface area contributed by atoms with E-state index in [2.05, 4.69) is 10.3 Å². The highest BCUT2D eigenvalue weighted by Crippen LogP contribution is 2.05. The number of amides is 1. The summed E-state index contributed by atoms with van der Waals surface area (Å²) in [5.74, 6) is -0.198. The smallest absolute Gasteiger partial charge is 0.253 e. The van der Waals surface area contributed by atoms with Gasteiger partial charge in [-0.25, -0.2) is 0 Å². The quantitative estimate of drug-likeness (QED) is 0.771. The first-order chi connectivity index (χ1) is 10.1. The number of rotatable bonds is 5. The molecule has 0 unspecified atom stereocenters. The van der Waals surface area contributed by atoms with Crippen LogP contribution in [0, 0.1) is 6.92 Å². The first-order valence-electron chi connectivity index (χ1n) is 6.76. The Kier molecular flexibility index (Phi) is 4.90. The van der Waals surface area contributed by atoms with E-state index >= 15 is 0 Å². The van der Waals surface area contributed by atoms with Gasteiger partial charge < -0.3 is 15.4 Å². The number of carbonyl (C=O) groups excluding carboxylic acids is 1. The van der Waals surface area contributed by atoms with Gasteiger partial charge in [0.2, 0.25) is 5.56 Å². The van der Waals surface area contributed by atoms with Crippen molar-refractivity contribution >= 4 is 5.91 Å². The van der Waals surface area contributed by atoms with Gasteiger partial charge in [-0.05, 0) is 30.0 Å². The average molecular weight is 286 g/mol. The number of nitrogens with one attached hydrogen (secondary N) is 2. The molecule has 2 aromatic rings. The molecule has 0 spiro atoms. The molecule has 0 saturated carbocycles. The predicted molar refractivity (Wildman–Crippen MR) is 80.2 cm³/mol. The topological polar surface area (TPSA) is 82.2 Å². The molecule has 2 rings (SSSR count). The van der Waals surface area contributed by atoms with E-state index in [0.717, 1.165) is 11.1 Å². The van der Waals surface area contributed by atoms with Crippen molar-refractivity contribution in [2.45, 2.75) is 20.0 Å². The molecular formula is C16H18N2O3. The highest BCUT2D eigenvalue weighted by Gasteiger charge is 2.08. The Balaban J connectivity index is 1.90. The molecule has 0 aliphatic rings. The first kappa shape index (κ1) is 15.0. The summed E-state index contributed by atoms with van der Waals surface area (Å²) in [6.45, 7) is 2.27. The SMILES string of the molecule is Cc1cc(=O)[nH]cc1C(=O)NCCc1ccc(CO)cc1. The van der Waals surface area contributed by atoms with Crippen LogP contribution in [0.25, 0.3) is 0 Å². The zero-order valence-electron chi connectivity index (χ0n) is 11.8. The Morgan fingerprint density at radius 1 is 1.24 bits per heavy atom. The lowest BCUT2D eigenvalue weighted by atomic mass is 10.1. The molecule has 0 bridgehead atoms. The van der Waals surface area contributed by atoms with Gasteiger partial charge in [0, 0.05) is 18.8 Å². The first-order valence-corrected chi connectivity index (χ1v) is 6.76. The van der Waals surface area contributed by atoms with Gasteiger partial charge in [0.05, 0.1) is 12.2 Å². The maximum Gasteiger partial charge on any atom is 0.253 e. The van der Waals surface area contributed by atoms with Crippen LogP contribution in [0.15, 0.2) is 41.3 Å². The van der Waals surface area contributed by atoms with Crippen LogP contribution in [0.3, 0.4) is 0 Å². The summed E-state index contributed by atoms with van der Waals surface area (Å²) in [6, 6.07) is 9.00. The lowest BCUT2D eigenvalue weighted by molar-refractivity contribution is 0.0953. The molecule has 1 heterocycles. The summed E-state index contributed by atoms with van der Waals surface area (Å²) >= 11 is 0. The number of carbonyl (C=O) groups is 1. The highest BCUT2D eigenvalue weighted by atomic mass is 16.3. The van der Waals surface area contributed by atoms with Gasteiger partial charge in [0.25, 0.3) is 5.91 Å². The Morgan fingerprint density at radius 3 is 2.52 bits per heavy atom. The van der Waals surface area contributed by atoms with Gasteiger partial charge in [0.1, 0.15) is 0 Å². The standard InChI is InChI=1S/C16H18N2O3/c1-11-8-15(20)18-9-14(11)16(21)17-7-6-12-2-4-13(10-19)5-3-12/h2-5,8-9,19H,6-7,10H2,1H3,(H,17,21)(H,18,20). The van der Waals surface area contributed by atoms with Crippen LogP contribution in [0.2, 0.25) is 0 Å². The zero-order chi connectivity index (χ0) is 15.2. The summed E-state index contributed by atoms with van der Waals surface area (Å²) in [4.78, 5) is 25.6. The van der Waals surface area contributed by atoms with Gasteiger partial charge in [-0.1, -0.05) is 24.3 Å². The lowest BCUT2D eigenvalue weighted by Gasteiger charge is -2.07. The molecule has 0 fully saturated rings. The Hall–Kier alpha value is -2.40. The van der Waals surface area contributed by atoms with Crippen molar-refractivity contribution in [3.63, 3.8) is 0 Å². The zero-order valence-corrected chi connectivity index (χ0v) is 11.8. The fourth-order valence-corrected chi connectivity index (χ4v) is 2.04. The number of H-pyrrole nitrogens is 1. The van der Waals surface area contributed by atoms with Crippen molar-refractivity contribution in [3.8, 4) is 0 Å². The second kappa shape index (κ2) is 6.85. The van der Waals surface area contributed by atoms with E-state index in [1.165, 1.54) is 12.3 Å². The molecule has 0 radical (unpaired) electrons. The van der Waals surface area contributed by atoms with Crippen LogP contribution < -0.4 is 10.9 Å². The van der Waals surface area contributed by atoms with Crippen molar-refractivity contribution < 1.29 is 9.90 Å². The van der Waals surface area contributed by atoms with E-state index in [1.54, 1.807) is 6.92 Å². The van der Waals surface area contributed by atoms with Crippen molar-refractivity contribution in [2.75, 3.05) is 6.54 Å². The summed E-state index contributed by atoms with van der Waals surface area (Å²) in [5, 5.41) is 11.8. The molecule has 1 amide bonds. The Bertz CT molecular complexity index is 675. The number of aliphatic hydroxyl groups is 1. The van der Waals surface area contributed by atoms with Crippen LogP contribution in [0.5, 0.6) is 0 Å². The lowest BCUT2D eigenvalue weighted by Crippen LogP contribution is -2.27. The van der Waals surface area contributed by atoms with E-state index in [4.69, 9.17) is 5.11 Å². The summed E-state index contributed by atoms with van der Waals surface area (Å²) < 4.78 is 0. The molecule has 0 atom stereocenters. The molecule has 1 aromatic carbocycles. The monoisotopic (exact) mass is 286 g/mol. The van der Waals surface area contributed by atoms with Gasteiger partial charge in [-0.2, -0.15) is 0 Å². The Labute approximate surface area is 122 Å². The highest BCUT2D eigenvalue weighted by molar-refractivity contribution is 5.95.